The van der Waals surface area contributed by atoms with E-state index >= 15 is 0 Å². The van der Waals surface area contributed by atoms with Gasteiger partial charge in [0.2, 0.25) is 0 Å². The zero-order valence-corrected chi connectivity index (χ0v) is 32.0. The lowest BCUT2D eigenvalue weighted by atomic mass is 9.92. The summed E-state index contributed by atoms with van der Waals surface area (Å²) >= 11 is 0. The molecule has 0 aliphatic carbocycles. The molecule has 0 spiro atoms. The average molecular weight is 683 g/mol. The lowest BCUT2D eigenvalue weighted by Gasteiger charge is -2.24. The fraction of sp³-hybridized carbons (Fsp3) is 0.914. The van der Waals surface area contributed by atoms with Gasteiger partial charge in [0.25, 0.3) is 0 Å². The minimum Gasteiger partial charge on any atom is -0.481 e. The van der Waals surface area contributed by atoms with E-state index in [4.69, 9.17) is 43.0 Å². The number of hydrogen-bond acceptors (Lipinski definition) is 11. The first kappa shape index (κ1) is 49.6. The number of carboxylic acids is 1. The lowest BCUT2D eigenvalue weighted by Crippen LogP contribution is -2.29. The van der Waals surface area contributed by atoms with E-state index in [0.717, 1.165) is 0 Å². The molecule has 47 heavy (non-hydrogen) atoms. The Bertz CT molecular complexity index is 699. The Labute approximate surface area is 285 Å². The van der Waals surface area contributed by atoms with Crippen molar-refractivity contribution in [3.63, 3.8) is 0 Å². The number of methoxy groups -OCH3 is 2. The van der Waals surface area contributed by atoms with Crippen molar-refractivity contribution in [1.29, 1.82) is 0 Å². The molecule has 0 aliphatic heterocycles. The molecule has 0 radical (unpaired) electrons. The number of carbonyl (C=O) groups is 3. The highest BCUT2D eigenvalue weighted by Crippen LogP contribution is 2.22. The van der Waals surface area contributed by atoms with Crippen molar-refractivity contribution >= 4 is 17.9 Å². The highest BCUT2D eigenvalue weighted by Gasteiger charge is 2.29. The van der Waals surface area contributed by atoms with E-state index in [-0.39, 0.29) is 54.1 Å². The molecule has 12 heteroatoms. The predicted octanol–water partition coefficient (Wildman–Crippen LogP) is 6.57. The molecule has 282 valence electrons. The van der Waals surface area contributed by atoms with Crippen LogP contribution in [0.15, 0.2) is 0 Å². The number of hydrogen-bond donors (Lipinski definition) is 1. The van der Waals surface area contributed by atoms with Crippen LogP contribution in [0.3, 0.4) is 0 Å². The fourth-order valence-electron chi connectivity index (χ4n) is 4.53. The first-order valence-electron chi connectivity index (χ1n) is 17.2. The first-order valence-corrected chi connectivity index (χ1v) is 17.2. The van der Waals surface area contributed by atoms with E-state index in [1.807, 2.05) is 83.1 Å². The van der Waals surface area contributed by atoms with Gasteiger partial charge in [-0.05, 0) is 59.3 Å². The molecule has 12 nitrogen and oxygen atoms in total. The predicted molar refractivity (Wildman–Crippen MR) is 182 cm³/mol. The van der Waals surface area contributed by atoms with Crippen molar-refractivity contribution in [2.24, 2.45) is 35.5 Å². The van der Waals surface area contributed by atoms with Crippen LogP contribution < -0.4 is 0 Å². The molecular formula is C35H70O12. The van der Waals surface area contributed by atoms with Crippen LogP contribution in [0.25, 0.3) is 0 Å². The summed E-state index contributed by atoms with van der Waals surface area (Å²) in [5.41, 5.74) is 0. The topological polar surface area (TPSA) is 145 Å². The molecule has 0 heterocycles. The minimum atomic E-state index is -0.783. The molecular weight excluding hydrogens is 612 g/mol. The zero-order chi connectivity index (χ0) is 36.9. The van der Waals surface area contributed by atoms with Crippen molar-refractivity contribution < 1.29 is 57.4 Å². The van der Waals surface area contributed by atoms with Crippen LogP contribution in [-0.4, -0.2) is 95.7 Å². The second kappa shape index (κ2) is 31.4. The van der Waals surface area contributed by atoms with Crippen LogP contribution >= 0.6 is 0 Å². The number of carbonyl (C=O) groups excluding carboxylic acids is 2. The maximum absolute atomic E-state index is 11.6. The summed E-state index contributed by atoms with van der Waals surface area (Å²) in [6.45, 7) is 26.6. The van der Waals surface area contributed by atoms with Gasteiger partial charge in [0, 0.05) is 58.9 Å². The van der Waals surface area contributed by atoms with E-state index in [1.165, 1.54) is 14.2 Å². The van der Waals surface area contributed by atoms with Crippen molar-refractivity contribution in [1.82, 2.24) is 0 Å². The second-order valence-corrected chi connectivity index (χ2v) is 11.7. The van der Waals surface area contributed by atoms with Crippen LogP contribution in [-0.2, 0) is 52.3 Å². The van der Waals surface area contributed by atoms with Crippen LogP contribution in [0.5, 0.6) is 0 Å². The van der Waals surface area contributed by atoms with Gasteiger partial charge in [-0.15, -0.1) is 0 Å². The summed E-state index contributed by atoms with van der Waals surface area (Å²) < 4.78 is 41.9. The number of carboxylic acid groups (broad SMARTS) is 1. The van der Waals surface area contributed by atoms with Gasteiger partial charge in [-0.1, -0.05) is 41.5 Å². The second-order valence-electron chi connectivity index (χ2n) is 11.7. The van der Waals surface area contributed by atoms with Crippen molar-refractivity contribution in [3.05, 3.63) is 0 Å². The number of esters is 2. The molecule has 0 bridgehead atoms. The Balaban J connectivity index is -0.000000618. The highest BCUT2D eigenvalue weighted by atomic mass is 16.7. The van der Waals surface area contributed by atoms with Crippen LogP contribution in [0, 0.1) is 35.5 Å². The molecule has 0 rings (SSSR count). The lowest BCUT2D eigenvalue weighted by molar-refractivity contribution is -0.166. The molecule has 0 saturated heterocycles. The third-order valence-electron chi connectivity index (χ3n) is 7.19. The minimum absolute atomic E-state index is 0.0888. The molecule has 0 aromatic carbocycles. The van der Waals surface area contributed by atoms with Crippen molar-refractivity contribution in [2.45, 2.75) is 121 Å². The Morgan fingerprint density at radius 2 is 0.660 bits per heavy atom. The highest BCUT2D eigenvalue weighted by molar-refractivity contribution is 5.73. The van der Waals surface area contributed by atoms with E-state index < -0.39 is 18.2 Å². The summed E-state index contributed by atoms with van der Waals surface area (Å²) in [6.07, 6.45) is 0.471. The van der Waals surface area contributed by atoms with Gasteiger partial charge in [0.1, 0.15) is 0 Å². The Morgan fingerprint density at radius 1 is 0.447 bits per heavy atom. The normalized spacial score (nSPS) is 13.3. The van der Waals surface area contributed by atoms with Gasteiger partial charge in [-0.3, -0.25) is 14.4 Å². The van der Waals surface area contributed by atoms with Crippen LogP contribution in [0.1, 0.15) is 102 Å². The summed E-state index contributed by atoms with van der Waals surface area (Å²) in [6, 6.07) is 0. The third-order valence-corrected chi connectivity index (χ3v) is 7.19. The van der Waals surface area contributed by atoms with E-state index in [9.17, 15) is 14.4 Å². The summed E-state index contributed by atoms with van der Waals surface area (Å²) in [4.78, 5) is 34.1. The van der Waals surface area contributed by atoms with Gasteiger partial charge >= 0.3 is 17.9 Å². The zero-order valence-electron chi connectivity index (χ0n) is 32.0. The fourth-order valence-corrected chi connectivity index (χ4v) is 4.53. The standard InChI is InChI=1S/2C12H24O4.C11H22O4/c2*1-6-15-11(16-7-2)8-10(9(3)4)12(13)14-5;1-5-14-10(15-6-2)7-9(8(3)4)11(12)13/h2*9-11H,6-8H2,1-5H3;8-10H,5-7H2,1-4H3,(H,12,13)/t10-;;9-/m0.1/s1. The van der Waals surface area contributed by atoms with Gasteiger partial charge in [-0.2, -0.15) is 0 Å². The molecule has 1 unspecified atom stereocenters. The number of ether oxygens (including phenoxy) is 8. The molecule has 3 atom stereocenters. The van der Waals surface area contributed by atoms with Gasteiger partial charge in [0.15, 0.2) is 18.9 Å². The maximum atomic E-state index is 11.6. The smallest absolute Gasteiger partial charge is 0.309 e. The molecule has 0 aliphatic rings. The summed E-state index contributed by atoms with van der Waals surface area (Å²) in [7, 11) is 2.82. The molecule has 0 aromatic heterocycles. The molecule has 0 saturated carbocycles. The number of rotatable bonds is 24. The van der Waals surface area contributed by atoms with Crippen LogP contribution in [0.4, 0.5) is 0 Å². The van der Waals surface area contributed by atoms with E-state index in [1.54, 1.807) is 0 Å². The molecule has 0 aromatic rings. The molecule has 0 fully saturated rings. The van der Waals surface area contributed by atoms with Gasteiger partial charge in [0.05, 0.1) is 32.0 Å². The van der Waals surface area contributed by atoms with Crippen LogP contribution in [0.2, 0.25) is 0 Å². The maximum Gasteiger partial charge on any atom is 0.309 e. The first-order chi connectivity index (χ1) is 22.1. The Hall–Kier alpha value is -1.83. The third kappa shape index (κ3) is 24.9. The van der Waals surface area contributed by atoms with Gasteiger partial charge in [-0.25, -0.2) is 0 Å². The molecule has 1 N–H and O–H groups in total. The number of aliphatic carboxylic acids is 1. The summed E-state index contributed by atoms with van der Waals surface area (Å²) in [5, 5.41) is 9.02. The van der Waals surface area contributed by atoms with Crippen molar-refractivity contribution in [2.75, 3.05) is 53.9 Å². The quantitative estimate of drug-likeness (QED) is 0.0868. The Morgan fingerprint density at radius 3 is 0.809 bits per heavy atom. The summed E-state index contributed by atoms with van der Waals surface area (Å²) in [5.74, 6) is -1.40. The molecule has 0 amide bonds. The monoisotopic (exact) mass is 682 g/mol. The largest absolute Gasteiger partial charge is 0.481 e. The van der Waals surface area contributed by atoms with Crippen molar-refractivity contribution in [3.8, 4) is 0 Å². The SMILES string of the molecule is CCOC(CC(C(=O)OC)C(C)C)OCC.CCOC(C[C@@H](C(=O)O)C(C)C)OCC.CCOC(C[C@H](C(=O)OC)C(C)C)OCC. The average Bonchev–Trinajstić information content (AvgIpc) is 3.01. The van der Waals surface area contributed by atoms with E-state index in [2.05, 4.69) is 0 Å². The van der Waals surface area contributed by atoms with E-state index in [0.29, 0.717) is 58.9 Å². The Kier molecular flexibility index (Phi) is 33.1. The van der Waals surface area contributed by atoms with Gasteiger partial charge < -0.3 is 43.0 Å².